The van der Waals surface area contributed by atoms with Crippen molar-refractivity contribution in [1.82, 2.24) is 4.72 Å². The Hall–Kier alpha value is -1.64. The smallest absolute Gasteiger partial charge is 0.262 e. The molecule has 0 aliphatic carbocycles. The topological polar surface area (TPSA) is 93.7 Å². The number of carbonyl (C=O) groups excluding carboxylic acids is 1. The van der Waals surface area contributed by atoms with E-state index in [-0.39, 0.29) is 29.6 Å². The van der Waals surface area contributed by atoms with E-state index in [0.29, 0.717) is 18.0 Å². The van der Waals surface area contributed by atoms with Crippen molar-refractivity contribution in [3.05, 3.63) is 18.2 Å². The highest BCUT2D eigenvalue weighted by Gasteiger charge is 2.28. The van der Waals surface area contributed by atoms with Crippen molar-refractivity contribution in [3.8, 4) is 5.75 Å². The molecule has 7 nitrogen and oxygen atoms in total. The summed E-state index contributed by atoms with van der Waals surface area (Å²) >= 11 is 0. The van der Waals surface area contributed by atoms with Gasteiger partial charge < -0.3 is 14.8 Å². The summed E-state index contributed by atoms with van der Waals surface area (Å²) in [6.07, 6.45) is 1.69. The van der Waals surface area contributed by atoms with Gasteiger partial charge in [-0.2, -0.15) is 0 Å². The van der Waals surface area contributed by atoms with E-state index in [4.69, 9.17) is 9.47 Å². The SMILES string of the molecule is C[C@H](NS(=O)(=O)c1ccc2c(c1)NC(=O)CO2)[C@@H]1CCCO1. The molecule has 120 valence electrons. The van der Waals surface area contributed by atoms with Crippen LogP contribution in [0, 0.1) is 0 Å². The summed E-state index contributed by atoms with van der Waals surface area (Å²) < 4.78 is 38.2. The van der Waals surface area contributed by atoms with Crippen LogP contribution in [0.25, 0.3) is 0 Å². The predicted octanol–water partition coefficient (Wildman–Crippen LogP) is 0.863. The number of ether oxygens (including phenoxy) is 2. The Balaban J connectivity index is 1.80. The highest BCUT2D eigenvalue weighted by molar-refractivity contribution is 7.89. The molecule has 2 heterocycles. The van der Waals surface area contributed by atoms with Gasteiger partial charge in [0.2, 0.25) is 10.0 Å². The van der Waals surface area contributed by atoms with Crippen molar-refractivity contribution in [2.24, 2.45) is 0 Å². The summed E-state index contributed by atoms with van der Waals surface area (Å²) in [5.74, 6) is 0.161. The average Bonchev–Trinajstić information content (AvgIpc) is 3.00. The number of rotatable bonds is 4. The number of hydrogen-bond acceptors (Lipinski definition) is 5. The van der Waals surface area contributed by atoms with Crippen LogP contribution in [0.15, 0.2) is 23.1 Å². The zero-order valence-corrected chi connectivity index (χ0v) is 13.0. The summed E-state index contributed by atoms with van der Waals surface area (Å²) in [5, 5.41) is 2.60. The Morgan fingerprint density at radius 2 is 2.23 bits per heavy atom. The Morgan fingerprint density at radius 3 is 2.95 bits per heavy atom. The molecular weight excluding hydrogens is 308 g/mol. The van der Waals surface area contributed by atoms with Gasteiger partial charge >= 0.3 is 0 Å². The molecule has 2 N–H and O–H groups in total. The quantitative estimate of drug-likeness (QED) is 0.856. The van der Waals surface area contributed by atoms with Crippen LogP contribution in [0.3, 0.4) is 0 Å². The highest BCUT2D eigenvalue weighted by atomic mass is 32.2. The molecule has 0 unspecified atom stereocenters. The molecule has 0 bridgehead atoms. The standard InChI is InChI=1S/C14H18N2O5S/c1-9(12-3-2-6-20-12)16-22(18,19)10-4-5-13-11(7-10)15-14(17)8-21-13/h4-5,7,9,12,16H,2-3,6,8H2,1H3,(H,15,17)/t9-,12-/m0/s1. The number of hydrogen-bond donors (Lipinski definition) is 2. The molecule has 2 atom stereocenters. The number of amides is 1. The molecular formula is C14H18N2O5S. The lowest BCUT2D eigenvalue weighted by atomic mass is 10.1. The Kier molecular flexibility index (Phi) is 4.07. The van der Waals surface area contributed by atoms with Gasteiger partial charge in [0, 0.05) is 12.6 Å². The van der Waals surface area contributed by atoms with Gasteiger partial charge in [-0.15, -0.1) is 0 Å². The number of fused-ring (bicyclic) bond motifs is 1. The van der Waals surface area contributed by atoms with Gasteiger partial charge in [0.1, 0.15) is 5.75 Å². The summed E-state index contributed by atoms with van der Waals surface area (Å²) in [7, 11) is -3.68. The summed E-state index contributed by atoms with van der Waals surface area (Å²) in [5.41, 5.74) is 0.365. The highest BCUT2D eigenvalue weighted by Crippen LogP contribution is 2.30. The fourth-order valence-corrected chi connectivity index (χ4v) is 3.91. The maximum absolute atomic E-state index is 12.4. The first-order valence-electron chi connectivity index (χ1n) is 7.16. The van der Waals surface area contributed by atoms with Gasteiger partial charge in [-0.05, 0) is 38.0 Å². The Labute approximate surface area is 129 Å². The minimum absolute atomic E-state index is 0.0621. The monoisotopic (exact) mass is 326 g/mol. The summed E-state index contributed by atoms with van der Waals surface area (Å²) in [6.45, 7) is 2.39. The van der Waals surface area contributed by atoms with E-state index in [0.717, 1.165) is 12.8 Å². The fraction of sp³-hybridized carbons (Fsp3) is 0.500. The lowest BCUT2D eigenvalue weighted by Gasteiger charge is -2.21. The third-order valence-corrected chi connectivity index (χ3v) is 5.31. The van der Waals surface area contributed by atoms with Crippen molar-refractivity contribution < 1.29 is 22.7 Å². The molecule has 2 aliphatic heterocycles. The molecule has 8 heteroatoms. The van der Waals surface area contributed by atoms with E-state index >= 15 is 0 Å². The van der Waals surface area contributed by atoms with Crippen molar-refractivity contribution >= 4 is 21.6 Å². The van der Waals surface area contributed by atoms with Crippen molar-refractivity contribution in [2.75, 3.05) is 18.5 Å². The van der Waals surface area contributed by atoms with Gasteiger partial charge in [0.25, 0.3) is 5.91 Å². The Bertz CT molecular complexity index is 682. The van der Waals surface area contributed by atoms with Crippen LogP contribution in [0.2, 0.25) is 0 Å². The van der Waals surface area contributed by atoms with Crippen molar-refractivity contribution in [3.63, 3.8) is 0 Å². The molecule has 1 aromatic carbocycles. The number of anilines is 1. The number of benzene rings is 1. The van der Waals surface area contributed by atoms with Gasteiger partial charge in [-0.25, -0.2) is 13.1 Å². The maximum Gasteiger partial charge on any atom is 0.262 e. The minimum atomic E-state index is -3.68. The van der Waals surface area contributed by atoms with Crippen LogP contribution in [-0.4, -0.2) is 39.7 Å². The van der Waals surface area contributed by atoms with Crippen molar-refractivity contribution in [1.29, 1.82) is 0 Å². The molecule has 2 aliphatic rings. The predicted molar refractivity (Wildman–Crippen MR) is 79.3 cm³/mol. The molecule has 1 amide bonds. The normalized spacial score (nSPS) is 22.6. The molecule has 1 aromatic rings. The van der Waals surface area contributed by atoms with Crippen LogP contribution in [0.5, 0.6) is 5.75 Å². The third kappa shape index (κ3) is 3.08. The van der Waals surface area contributed by atoms with E-state index in [9.17, 15) is 13.2 Å². The van der Waals surface area contributed by atoms with E-state index in [1.54, 1.807) is 13.0 Å². The van der Waals surface area contributed by atoms with Gasteiger partial charge in [-0.1, -0.05) is 0 Å². The average molecular weight is 326 g/mol. The summed E-state index contributed by atoms with van der Waals surface area (Å²) in [4.78, 5) is 11.4. The zero-order chi connectivity index (χ0) is 15.7. The molecule has 0 saturated carbocycles. The number of sulfonamides is 1. The largest absolute Gasteiger partial charge is 0.482 e. The third-order valence-electron chi connectivity index (χ3n) is 3.76. The summed E-state index contributed by atoms with van der Waals surface area (Å²) in [6, 6.07) is 4.09. The maximum atomic E-state index is 12.4. The van der Waals surface area contributed by atoms with Crippen LogP contribution in [0.4, 0.5) is 5.69 Å². The van der Waals surface area contributed by atoms with E-state index < -0.39 is 10.0 Å². The molecule has 22 heavy (non-hydrogen) atoms. The van der Waals surface area contributed by atoms with Crippen LogP contribution < -0.4 is 14.8 Å². The molecule has 0 aromatic heterocycles. The molecule has 0 spiro atoms. The van der Waals surface area contributed by atoms with Gasteiger partial charge in [-0.3, -0.25) is 4.79 Å². The first-order valence-corrected chi connectivity index (χ1v) is 8.65. The molecule has 1 saturated heterocycles. The second-order valence-corrected chi connectivity index (χ2v) is 7.17. The van der Waals surface area contributed by atoms with Crippen molar-refractivity contribution in [2.45, 2.75) is 36.8 Å². The lowest BCUT2D eigenvalue weighted by Crippen LogP contribution is -2.40. The number of carbonyl (C=O) groups is 1. The number of nitrogens with one attached hydrogen (secondary N) is 2. The second-order valence-electron chi connectivity index (χ2n) is 5.46. The van der Waals surface area contributed by atoms with Crippen LogP contribution in [0.1, 0.15) is 19.8 Å². The van der Waals surface area contributed by atoms with Crippen LogP contribution >= 0.6 is 0 Å². The first kappa shape index (κ1) is 15.3. The van der Waals surface area contributed by atoms with E-state index in [2.05, 4.69) is 10.0 Å². The van der Waals surface area contributed by atoms with Gasteiger partial charge in [0.15, 0.2) is 6.61 Å². The Morgan fingerprint density at radius 1 is 1.41 bits per heavy atom. The fourth-order valence-electron chi connectivity index (χ4n) is 2.61. The minimum Gasteiger partial charge on any atom is -0.482 e. The molecule has 0 radical (unpaired) electrons. The van der Waals surface area contributed by atoms with Crippen LogP contribution in [-0.2, 0) is 19.6 Å². The second kappa shape index (κ2) is 5.86. The van der Waals surface area contributed by atoms with Gasteiger partial charge in [0.05, 0.1) is 16.7 Å². The zero-order valence-electron chi connectivity index (χ0n) is 12.2. The molecule has 3 rings (SSSR count). The van der Waals surface area contributed by atoms with E-state index in [1.807, 2.05) is 0 Å². The first-order chi connectivity index (χ1) is 10.5. The molecule has 1 fully saturated rings. The van der Waals surface area contributed by atoms with E-state index in [1.165, 1.54) is 12.1 Å². The lowest BCUT2D eigenvalue weighted by molar-refractivity contribution is -0.118.